The number of halogens is 1. The summed E-state index contributed by atoms with van der Waals surface area (Å²) in [5.74, 6) is 0. The lowest BCUT2D eigenvalue weighted by Gasteiger charge is -2.13. The van der Waals surface area contributed by atoms with Crippen molar-refractivity contribution >= 4 is 46.9 Å². The predicted molar refractivity (Wildman–Crippen MR) is 192 cm³/mol. The molecular weight excluding hydrogens is 666 g/mol. The molecule has 8 nitrogen and oxygen atoms in total. The van der Waals surface area contributed by atoms with Gasteiger partial charge in [-0.25, -0.2) is 30.8 Å². The molecule has 48 heavy (non-hydrogen) atoms. The fourth-order valence-corrected chi connectivity index (χ4v) is 9.20. The third kappa shape index (κ3) is 9.15. The van der Waals surface area contributed by atoms with Crippen LogP contribution in [0.15, 0.2) is 83.0 Å². The van der Waals surface area contributed by atoms with E-state index in [2.05, 4.69) is 22.1 Å². The van der Waals surface area contributed by atoms with Crippen LogP contribution in [0.5, 0.6) is 0 Å². The molecule has 1 saturated heterocycles. The van der Waals surface area contributed by atoms with Crippen molar-refractivity contribution in [2.45, 2.75) is 70.6 Å². The summed E-state index contributed by atoms with van der Waals surface area (Å²) in [4.78, 5) is 8.95. The average molecular weight is 707 g/mol. The van der Waals surface area contributed by atoms with Crippen molar-refractivity contribution in [2.75, 3.05) is 13.2 Å². The van der Waals surface area contributed by atoms with E-state index in [1.54, 1.807) is 38.4 Å². The van der Waals surface area contributed by atoms with Crippen molar-refractivity contribution in [3.05, 3.63) is 124 Å². The monoisotopic (exact) mass is 706 g/mol. The Morgan fingerprint density at radius 3 is 1.81 bits per heavy atom. The number of nitrogens with zero attached hydrogens (tertiary/aromatic N) is 3. The molecule has 11 heteroatoms. The zero-order valence-corrected chi connectivity index (χ0v) is 30.5. The van der Waals surface area contributed by atoms with Crippen LogP contribution in [-0.2, 0) is 30.2 Å². The first-order chi connectivity index (χ1) is 22.7. The van der Waals surface area contributed by atoms with Crippen LogP contribution in [-0.4, -0.2) is 44.0 Å². The molecule has 2 aliphatic rings. The van der Waals surface area contributed by atoms with Crippen LogP contribution in [0.4, 0.5) is 0 Å². The molecule has 0 unspecified atom stereocenters. The molecule has 0 saturated carbocycles. The molecule has 2 aromatic carbocycles. The highest BCUT2D eigenvalue weighted by Crippen LogP contribution is 2.27. The lowest BCUT2D eigenvalue weighted by molar-refractivity contribution is 0.198. The maximum atomic E-state index is 13.0. The first kappa shape index (κ1) is 36.9. The maximum absolute atomic E-state index is 13.0. The van der Waals surface area contributed by atoms with E-state index < -0.39 is 19.1 Å². The molecule has 1 fully saturated rings. The van der Waals surface area contributed by atoms with E-state index in [1.807, 2.05) is 76.4 Å². The Bertz CT molecular complexity index is 2100. The van der Waals surface area contributed by atoms with E-state index in [9.17, 15) is 16.8 Å². The second-order valence-corrected chi connectivity index (χ2v) is 16.1. The Kier molecular flexibility index (Phi) is 12.3. The van der Waals surface area contributed by atoms with Crippen molar-refractivity contribution < 1.29 is 21.6 Å². The Morgan fingerprint density at radius 1 is 0.750 bits per heavy atom. The minimum absolute atomic E-state index is 0.236. The average Bonchev–Trinajstić information content (AvgIpc) is 3.79. The van der Waals surface area contributed by atoms with Gasteiger partial charge in [0.05, 0.1) is 15.9 Å². The van der Waals surface area contributed by atoms with Gasteiger partial charge in [0.25, 0.3) is 19.1 Å². The highest BCUT2D eigenvalue weighted by molar-refractivity contribution is 8.13. The van der Waals surface area contributed by atoms with Gasteiger partial charge < -0.3 is 4.74 Å². The normalized spacial score (nSPS) is 13.3. The first-order valence-electron chi connectivity index (χ1n) is 15.6. The van der Waals surface area contributed by atoms with Gasteiger partial charge in [0, 0.05) is 53.9 Å². The molecular formula is C37H41ClN3O5S2+. The van der Waals surface area contributed by atoms with Crippen molar-refractivity contribution in [2.24, 2.45) is 0 Å². The SMILES string of the molecule is C1CCOC1.Cc1cc(C)c(S(=O)(=O)Cl)c(C)c1.Cc1cc(C)c(S(=O)(=O)n2ccc3cccnc32)c(C)c1.[C+]1=Cc2cccnc2C1. The van der Waals surface area contributed by atoms with E-state index >= 15 is 0 Å². The largest absolute Gasteiger partial charge is 0.381 e. The second-order valence-electron chi connectivity index (χ2n) is 11.8. The Morgan fingerprint density at radius 2 is 1.29 bits per heavy atom. The van der Waals surface area contributed by atoms with E-state index in [0.29, 0.717) is 21.7 Å². The summed E-state index contributed by atoms with van der Waals surface area (Å²) >= 11 is 0. The van der Waals surface area contributed by atoms with Gasteiger partial charge in [0.2, 0.25) is 0 Å². The predicted octanol–water partition coefficient (Wildman–Crippen LogP) is 7.99. The molecule has 0 atom stereocenters. The molecule has 4 heterocycles. The Labute approximate surface area is 289 Å². The van der Waals surface area contributed by atoms with Gasteiger partial charge in [-0.15, -0.1) is 0 Å². The number of aryl methyl sites for hydroxylation is 6. The van der Waals surface area contributed by atoms with Gasteiger partial charge >= 0.3 is 0 Å². The summed E-state index contributed by atoms with van der Waals surface area (Å²) in [6, 6.07) is 16.8. The topological polar surface area (TPSA) is 108 Å². The minimum atomic E-state index is -3.65. The number of hydrogen-bond acceptors (Lipinski definition) is 7. The molecule has 5 aromatic rings. The van der Waals surface area contributed by atoms with Crippen molar-refractivity contribution in [1.82, 2.24) is 13.9 Å². The Hall–Kier alpha value is -3.92. The van der Waals surface area contributed by atoms with Gasteiger partial charge in [-0.1, -0.05) is 35.4 Å². The third-order valence-electron chi connectivity index (χ3n) is 7.67. The minimum Gasteiger partial charge on any atom is -0.381 e. The van der Waals surface area contributed by atoms with Crippen LogP contribution in [0.2, 0.25) is 0 Å². The summed E-state index contributed by atoms with van der Waals surface area (Å²) < 4.78 is 54.5. The van der Waals surface area contributed by atoms with Crippen LogP contribution in [0, 0.1) is 47.6 Å². The summed E-state index contributed by atoms with van der Waals surface area (Å²) in [5.41, 5.74) is 7.83. The molecule has 0 bridgehead atoms. The number of hydrogen-bond donors (Lipinski definition) is 0. The zero-order chi connectivity index (χ0) is 35.1. The van der Waals surface area contributed by atoms with E-state index in [4.69, 9.17) is 15.4 Å². The Balaban J connectivity index is 0.000000163. The molecule has 252 valence electrons. The molecule has 0 spiro atoms. The highest BCUT2D eigenvalue weighted by Gasteiger charge is 2.24. The maximum Gasteiger partial charge on any atom is 0.269 e. The van der Waals surface area contributed by atoms with Gasteiger partial charge in [-0.2, -0.15) is 0 Å². The number of ether oxygens (including phenoxy) is 1. The highest BCUT2D eigenvalue weighted by atomic mass is 35.7. The summed E-state index contributed by atoms with van der Waals surface area (Å²) in [7, 11) is -1.96. The molecule has 1 aliphatic heterocycles. The van der Waals surface area contributed by atoms with Crippen molar-refractivity contribution in [1.29, 1.82) is 0 Å². The number of allylic oxidation sites excluding steroid dienone is 1. The standard InChI is InChI=1S/C16H16N2O2S.C9H11ClO2S.C8H6N.C4H8O/c1-11-9-12(2)15(13(3)10-11)21(19,20)18-8-6-14-5-4-7-17-16(14)18;1-6-4-7(2)9(8(3)5-6)13(10,11)12;1-3-7-4-2-6-9-8(7)5-1;1-2-4-5-3-1/h4-10H,1-3H3;4-5H,1-3H3;2-4,6H,5H2;1-4H2/q;;+1;. The lowest BCUT2D eigenvalue weighted by Crippen LogP contribution is -2.15. The van der Waals surface area contributed by atoms with Crippen LogP contribution >= 0.6 is 10.7 Å². The van der Waals surface area contributed by atoms with E-state index in [0.717, 1.165) is 53.0 Å². The van der Waals surface area contributed by atoms with Crippen LogP contribution in [0.25, 0.3) is 17.1 Å². The van der Waals surface area contributed by atoms with E-state index in [1.165, 1.54) is 22.4 Å². The number of aromatic nitrogens is 3. The number of pyridine rings is 2. The van der Waals surface area contributed by atoms with Gasteiger partial charge in [-0.05, 0) is 101 Å². The summed E-state index contributed by atoms with van der Waals surface area (Å²) in [6.45, 7) is 13.0. The molecule has 0 amide bonds. The second kappa shape index (κ2) is 16.0. The zero-order valence-electron chi connectivity index (χ0n) is 28.1. The number of rotatable bonds is 3. The van der Waals surface area contributed by atoms with E-state index in [-0.39, 0.29) is 4.90 Å². The molecule has 3 aromatic heterocycles. The third-order valence-corrected chi connectivity index (χ3v) is 11.2. The number of fused-ring (bicyclic) bond motifs is 2. The fraction of sp³-hybridized carbons (Fsp3) is 0.297. The first-order valence-corrected chi connectivity index (χ1v) is 19.3. The summed E-state index contributed by atoms with van der Waals surface area (Å²) in [5, 5.41) is 0.809. The molecule has 0 N–H and O–H groups in total. The summed E-state index contributed by atoms with van der Waals surface area (Å²) in [6.07, 6.45) is 13.5. The van der Waals surface area contributed by atoms with Gasteiger partial charge in [0.1, 0.15) is 12.0 Å². The van der Waals surface area contributed by atoms with Crippen LogP contribution in [0.1, 0.15) is 57.5 Å². The molecule has 1 aliphatic carbocycles. The van der Waals surface area contributed by atoms with Crippen molar-refractivity contribution in [3.63, 3.8) is 0 Å². The molecule has 7 rings (SSSR count). The van der Waals surface area contributed by atoms with Gasteiger partial charge in [0.15, 0.2) is 17.4 Å². The van der Waals surface area contributed by atoms with Crippen molar-refractivity contribution in [3.8, 4) is 0 Å². The number of benzene rings is 2. The molecule has 0 radical (unpaired) electrons. The lowest BCUT2D eigenvalue weighted by atomic mass is 10.1. The fourth-order valence-electron chi connectivity index (χ4n) is 5.86. The smallest absolute Gasteiger partial charge is 0.269 e. The van der Waals surface area contributed by atoms with Gasteiger partial charge in [-0.3, -0.25) is 0 Å². The van der Waals surface area contributed by atoms with Crippen LogP contribution in [0.3, 0.4) is 0 Å². The van der Waals surface area contributed by atoms with Crippen LogP contribution < -0.4 is 0 Å². The quantitative estimate of drug-likeness (QED) is 0.138.